The van der Waals surface area contributed by atoms with Gasteiger partial charge in [-0.15, -0.1) is 11.3 Å². The number of benzene rings is 3. The third-order valence-corrected chi connectivity index (χ3v) is 9.05. The van der Waals surface area contributed by atoms with Crippen molar-refractivity contribution in [3.63, 3.8) is 0 Å². The van der Waals surface area contributed by atoms with Crippen molar-refractivity contribution >= 4 is 46.3 Å². The van der Waals surface area contributed by atoms with Crippen LogP contribution in [0, 0.1) is 12.8 Å². The highest BCUT2D eigenvalue weighted by molar-refractivity contribution is 7.12. The standard InChI is InChI=1S/C32H24N2O3S/c1-19-13-15-24-21(18-19)14-16-26-32(22-10-5-6-11-23(22)33-31(32)37)27(30(36)25-12-7-17-38-25)28(34(24)26)29(35)20-8-3-2-4-9-20/h2-18,26-28H,1H3,(H,33,37)/t26-,27+,28+,32-/m1/s1. The maximum absolute atomic E-state index is 14.5. The lowest BCUT2D eigenvalue weighted by atomic mass is 9.64. The van der Waals surface area contributed by atoms with E-state index in [4.69, 9.17) is 0 Å². The number of nitrogens with one attached hydrogen (secondary N) is 1. The maximum atomic E-state index is 14.5. The van der Waals surface area contributed by atoms with E-state index in [2.05, 4.69) is 11.4 Å². The molecule has 4 atom stereocenters. The zero-order valence-corrected chi connectivity index (χ0v) is 21.4. The van der Waals surface area contributed by atoms with Crippen molar-refractivity contribution in [3.8, 4) is 0 Å². The van der Waals surface area contributed by atoms with Crippen LogP contribution < -0.4 is 10.2 Å². The van der Waals surface area contributed by atoms with E-state index in [0.717, 1.165) is 22.4 Å². The number of carbonyl (C=O) groups is 3. The molecular weight excluding hydrogens is 492 g/mol. The van der Waals surface area contributed by atoms with Crippen LogP contribution in [-0.2, 0) is 10.2 Å². The van der Waals surface area contributed by atoms with E-state index < -0.39 is 23.4 Å². The normalized spacial score (nSPS) is 24.6. The number of aryl methyl sites for hydroxylation is 1. The summed E-state index contributed by atoms with van der Waals surface area (Å²) in [5.41, 5.74) is 3.63. The molecular formula is C32H24N2O3S. The molecule has 0 bridgehead atoms. The molecule has 7 rings (SSSR count). The first-order valence-electron chi connectivity index (χ1n) is 12.7. The fraction of sp³-hybridized carbons (Fsp3) is 0.156. The Balaban J connectivity index is 1.55. The van der Waals surface area contributed by atoms with Crippen LogP contribution in [0.3, 0.4) is 0 Å². The molecule has 0 saturated carbocycles. The SMILES string of the molecule is Cc1ccc2c(c1)C=C[C@H]1N2[C@H](C(=O)c2ccccc2)[C@@H](C(=O)c2cccs2)[C@]12C(=O)Nc1ccccc12. The Kier molecular flexibility index (Phi) is 5.03. The number of fused-ring (bicyclic) bond motifs is 6. The number of Topliss-reactive ketones (excluding diaryl/α,β-unsaturated/α-hetero) is 2. The fourth-order valence-corrected chi connectivity index (χ4v) is 7.35. The molecule has 3 aliphatic rings. The lowest BCUT2D eigenvalue weighted by Gasteiger charge is -2.37. The molecule has 1 saturated heterocycles. The predicted octanol–water partition coefficient (Wildman–Crippen LogP) is 5.91. The number of carbonyl (C=O) groups excluding carboxylic acids is 3. The largest absolute Gasteiger partial charge is 0.352 e. The van der Waals surface area contributed by atoms with Crippen molar-refractivity contribution in [2.75, 3.05) is 10.2 Å². The Morgan fingerprint density at radius 3 is 2.50 bits per heavy atom. The summed E-state index contributed by atoms with van der Waals surface area (Å²) in [5.74, 6) is -1.52. The number of ketones is 2. The summed E-state index contributed by atoms with van der Waals surface area (Å²) in [4.78, 5) is 45.8. The van der Waals surface area contributed by atoms with Gasteiger partial charge >= 0.3 is 0 Å². The third kappa shape index (κ3) is 3.01. The van der Waals surface area contributed by atoms with Gasteiger partial charge in [-0.05, 0) is 47.7 Å². The van der Waals surface area contributed by atoms with Crippen molar-refractivity contribution in [1.29, 1.82) is 0 Å². The summed E-state index contributed by atoms with van der Waals surface area (Å²) >= 11 is 1.34. The van der Waals surface area contributed by atoms with Crippen LogP contribution in [0.4, 0.5) is 11.4 Å². The molecule has 0 radical (unpaired) electrons. The molecule has 5 nitrogen and oxygen atoms in total. The van der Waals surface area contributed by atoms with Crippen molar-refractivity contribution in [3.05, 3.63) is 124 Å². The number of thiophene rings is 1. The van der Waals surface area contributed by atoms with Gasteiger partial charge in [-0.25, -0.2) is 0 Å². The van der Waals surface area contributed by atoms with Crippen LogP contribution in [0.2, 0.25) is 0 Å². The van der Waals surface area contributed by atoms with Crippen LogP contribution in [0.25, 0.3) is 6.08 Å². The van der Waals surface area contributed by atoms with E-state index in [1.54, 1.807) is 18.2 Å². The molecule has 1 aromatic heterocycles. The maximum Gasteiger partial charge on any atom is 0.238 e. The van der Waals surface area contributed by atoms with Gasteiger partial charge in [0.2, 0.25) is 5.91 Å². The summed E-state index contributed by atoms with van der Waals surface area (Å²) < 4.78 is 0. The Morgan fingerprint density at radius 1 is 0.921 bits per heavy atom. The number of amides is 1. The summed E-state index contributed by atoms with van der Waals surface area (Å²) in [6, 6.07) is 25.0. The zero-order valence-electron chi connectivity index (χ0n) is 20.6. The van der Waals surface area contributed by atoms with Crippen molar-refractivity contribution in [1.82, 2.24) is 0 Å². The van der Waals surface area contributed by atoms with Gasteiger partial charge in [-0.3, -0.25) is 14.4 Å². The molecule has 186 valence electrons. The minimum absolute atomic E-state index is 0.165. The van der Waals surface area contributed by atoms with Crippen molar-refractivity contribution in [2.24, 2.45) is 5.92 Å². The zero-order chi connectivity index (χ0) is 26.0. The first-order valence-corrected chi connectivity index (χ1v) is 13.5. The minimum atomic E-state index is -1.27. The second-order valence-electron chi connectivity index (χ2n) is 10.1. The molecule has 4 aromatic rings. The van der Waals surface area contributed by atoms with Crippen LogP contribution in [-0.4, -0.2) is 29.6 Å². The van der Waals surface area contributed by atoms with Crippen molar-refractivity contribution < 1.29 is 14.4 Å². The molecule has 1 N–H and O–H groups in total. The molecule has 1 fully saturated rings. The molecule has 38 heavy (non-hydrogen) atoms. The fourth-order valence-electron chi connectivity index (χ4n) is 6.64. The Morgan fingerprint density at radius 2 is 1.71 bits per heavy atom. The van der Waals surface area contributed by atoms with E-state index in [9.17, 15) is 14.4 Å². The van der Waals surface area contributed by atoms with Gasteiger partial charge in [-0.2, -0.15) is 0 Å². The number of para-hydroxylation sites is 1. The molecule has 6 heteroatoms. The van der Waals surface area contributed by atoms with Gasteiger partial charge in [-0.1, -0.05) is 78.4 Å². The van der Waals surface area contributed by atoms with Crippen molar-refractivity contribution in [2.45, 2.75) is 24.4 Å². The second-order valence-corrected chi connectivity index (χ2v) is 11.1. The van der Waals surface area contributed by atoms with Crippen LogP contribution in [0.5, 0.6) is 0 Å². The molecule has 4 heterocycles. The van der Waals surface area contributed by atoms with E-state index in [0.29, 0.717) is 16.1 Å². The average molecular weight is 517 g/mol. The summed E-state index contributed by atoms with van der Waals surface area (Å²) in [7, 11) is 0. The highest BCUT2D eigenvalue weighted by Crippen LogP contribution is 2.58. The highest BCUT2D eigenvalue weighted by Gasteiger charge is 2.70. The van der Waals surface area contributed by atoms with Gasteiger partial charge in [0, 0.05) is 16.9 Å². The molecule has 0 aliphatic carbocycles. The molecule has 3 aliphatic heterocycles. The van der Waals surface area contributed by atoms with Gasteiger partial charge in [0.15, 0.2) is 11.6 Å². The average Bonchev–Trinajstić information content (AvgIpc) is 3.65. The quantitative estimate of drug-likeness (QED) is 0.343. The second kappa shape index (κ2) is 8.36. The lowest BCUT2D eigenvalue weighted by Crippen LogP contribution is -2.51. The number of hydrogen-bond acceptors (Lipinski definition) is 5. The summed E-state index contributed by atoms with van der Waals surface area (Å²) in [5, 5.41) is 4.92. The van der Waals surface area contributed by atoms with E-state index in [1.807, 2.05) is 90.0 Å². The van der Waals surface area contributed by atoms with Crippen LogP contribution >= 0.6 is 11.3 Å². The highest BCUT2D eigenvalue weighted by atomic mass is 32.1. The Bertz CT molecular complexity index is 1640. The Labute approximate surface area is 224 Å². The molecule has 0 unspecified atom stereocenters. The minimum Gasteiger partial charge on any atom is -0.352 e. The predicted molar refractivity (Wildman–Crippen MR) is 150 cm³/mol. The monoisotopic (exact) mass is 516 g/mol. The number of nitrogens with zero attached hydrogens (tertiary/aromatic N) is 1. The molecule has 3 aromatic carbocycles. The van der Waals surface area contributed by atoms with Crippen LogP contribution in [0.1, 0.15) is 36.7 Å². The lowest BCUT2D eigenvalue weighted by molar-refractivity contribution is -0.121. The smallest absolute Gasteiger partial charge is 0.238 e. The molecule has 1 amide bonds. The van der Waals surface area contributed by atoms with Gasteiger partial charge in [0.1, 0.15) is 11.5 Å². The van der Waals surface area contributed by atoms with E-state index in [1.165, 1.54) is 11.3 Å². The van der Waals surface area contributed by atoms with Gasteiger partial charge < -0.3 is 10.2 Å². The number of hydrogen-bond donors (Lipinski definition) is 1. The van der Waals surface area contributed by atoms with Crippen LogP contribution in [0.15, 0.2) is 96.4 Å². The summed E-state index contributed by atoms with van der Waals surface area (Å²) in [6.45, 7) is 2.03. The van der Waals surface area contributed by atoms with Gasteiger partial charge in [0.05, 0.1) is 16.8 Å². The van der Waals surface area contributed by atoms with Gasteiger partial charge in [0.25, 0.3) is 0 Å². The van der Waals surface area contributed by atoms with E-state index >= 15 is 0 Å². The molecule has 1 spiro atoms. The topological polar surface area (TPSA) is 66.5 Å². The summed E-state index contributed by atoms with van der Waals surface area (Å²) in [6.07, 6.45) is 4.04. The third-order valence-electron chi connectivity index (χ3n) is 8.16. The first kappa shape index (κ1) is 22.9. The first-order chi connectivity index (χ1) is 18.5. The Hall–Kier alpha value is -4.29. The number of rotatable bonds is 4. The van der Waals surface area contributed by atoms with E-state index in [-0.39, 0.29) is 17.5 Å². The number of anilines is 2.